The summed E-state index contributed by atoms with van der Waals surface area (Å²) >= 11 is 0. The van der Waals surface area contributed by atoms with Crippen molar-refractivity contribution in [1.82, 2.24) is 5.32 Å². The number of aliphatic carboxylic acids is 1. The number of ketones is 1. The molecule has 0 heterocycles. The lowest BCUT2D eigenvalue weighted by molar-refractivity contribution is -0.153. The van der Waals surface area contributed by atoms with Gasteiger partial charge in [0.1, 0.15) is 6.10 Å². The SMILES string of the molecule is O=C(O)C(=O)[C@H](O)[C@@H](NC(=O)c1ccccc1)c1ccccc1. The number of rotatable bonds is 6. The second-order valence-electron chi connectivity index (χ2n) is 4.84. The topological polar surface area (TPSA) is 104 Å². The van der Waals surface area contributed by atoms with Gasteiger partial charge >= 0.3 is 5.97 Å². The van der Waals surface area contributed by atoms with Crippen LogP contribution in [0.3, 0.4) is 0 Å². The zero-order chi connectivity index (χ0) is 16.8. The number of hydrogen-bond acceptors (Lipinski definition) is 4. The molecule has 0 saturated heterocycles. The summed E-state index contributed by atoms with van der Waals surface area (Å²) in [6, 6.07) is 15.3. The van der Waals surface area contributed by atoms with E-state index in [1.54, 1.807) is 60.7 Å². The van der Waals surface area contributed by atoms with Gasteiger partial charge < -0.3 is 15.5 Å². The first-order chi connectivity index (χ1) is 11.0. The van der Waals surface area contributed by atoms with E-state index in [-0.39, 0.29) is 0 Å². The molecule has 3 N–H and O–H groups in total. The number of hydrogen-bond donors (Lipinski definition) is 3. The van der Waals surface area contributed by atoms with Gasteiger partial charge in [-0.3, -0.25) is 9.59 Å². The lowest BCUT2D eigenvalue weighted by Gasteiger charge is -2.22. The third-order valence-corrected chi connectivity index (χ3v) is 3.28. The van der Waals surface area contributed by atoms with Gasteiger partial charge in [-0.1, -0.05) is 48.5 Å². The van der Waals surface area contributed by atoms with Gasteiger partial charge in [0.05, 0.1) is 6.04 Å². The Morgan fingerprint density at radius 2 is 1.39 bits per heavy atom. The van der Waals surface area contributed by atoms with Gasteiger partial charge in [0.2, 0.25) is 0 Å². The molecule has 0 spiro atoms. The zero-order valence-corrected chi connectivity index (χ0v) is 12.0. The van der Waals surface area contributed by atoms with Crippen molar-refractivity contribution in [2.45, 2.75) is 12.1 Å². The Hall–Kier alpha value is -2.99. The molecular weight excluding hydrogens is 298 g/mol. The van der Waals surface area contributed by atoms with Crippen LogP contribution in [0.1, 0.15) is 22.0 Å². The summed E-state index contributed by atoms with van der Waals surface area (Å²) in [7, 11) is 0. The molecule has 0 unspecified atom stereocenters. The van der Waals surface area contributed by atoms with Crippen LogP contribution in [0.25, 0.3) is 0 Å². The molecule has 2 rings (SSSR count). The molecule has 0 aliphatic rings. The molecule has 2 atom stereocenters. The molecule has 0 aromatic heterocycles. The van der Waals surface area contributed by atoms with E-state index >= 15 is 0 Å². The minimum Gasteiger partial charge on any atom is -0.475 e. The van der Waals surface area contributed by atoms with Crippen LogP contribution in [-0.4, -0.2) is 34.0 Å². The number of Topliss-reactive ketones (excluding diaryl/α,β-unsaturated/α-hetero) is 1. The van der Waals surface area contributed by atoms with Crippen molar-refractivity contribution >= 4 is 17.7 Å². The highest BCUT2D eigenvalue weighted by Gasteiger charge is 2.33. The Labute approximate surface area is 132 Å². The molecule has 0 fully saturated rings. The molecule has 23 heavy (non-hydrogen) atoms. The Kier molecular flexibility index (Phi) is 5.22. The average Bonchev–Trinajstić information content (AvgIpc) is 2.59. The fraction of sp³-hybridized carbons (Fsp3) is 0.118. The average molecular weight is 313 g/mol. The van der Waals surface area contributed by atoms with Crippen molar-refractivity contribution in [1.29, 1.82) is 0 Å². The standard InChI is InChI=1S/C17H15NO5/c19-14(15(20)17(22)23)13(11-7-3-1-4-8-11)18-16(21)12-9-5-2-6-10-12/h1-10,13-14,19H,(H,18,21)(H,22,23)/t13-,14+/m0/s1. The molecule has 6 nitrogen and oxygen atoms in total. The van der Waals surface area contributed by atoms with Crippen LogP contribution in [0.5, 0.6) is 0 Å². The van der Waals surface area contributed by atoms with Gasteiger partial charge in [-0.05, 0) is 17.7 Å². The van der Waals surface area contributed by atoms with Crippen molar-refractivity contribution in [3.8, 4) is 0 Å². The molecule has 118 valence electrons. The summed E-state index contributed by atoms with van der Waals surface area (Å²) < 4.78 is 0. The highest BCUT2D eigenvalue weighted by molar-refractivity contribution is 6.34. The Morgan fingerprint density at radius 1 is 0.870 bits per heavy atom. The summed E-state index contributed by atoms with van der Waals surface area (Å²) in [4.78, 5) is 34.6. The lowest BCUT2D eigenvalue weighted by Crippen LogP contribution is -2.42. The summed E-state index contributed by atoms with van der Waals surface area (Å²) in [5, 5.41) is 21.3. The van der Waals surface area contributed by atoms with Gasteiger partial charge in [0.25, 0.3) is 11.7 Å². The molecule has 0 aliphatic carbocycles. The Balaban J connectivity index is 2.29. The summed E-state index contributed by atoms with van der Waals surface area (Å²) in [5.41, 5.74) is 0.766. The molecule has 2 aromatic carbocycles. The maximum Gasteiger partial charge on any atom is 0.375 e. The van der Waals surface area contributed by atoms with Gasteiger partial charge in [-0.2, -0.15) is 0 Å². The van der Waals surface area contributed by atoms with E-state index in [1.807, 2.05) is 0 Å². The van der Waals surface area contributed by atoms with E-state index in [9.17, 15) is 19.5 Å². The van der Waals surface area contributed by atoms with Crippen molar-refractivity contribution in [3.05, 3.63) is 71.8 Å². The second-order valence-corrected chi connectivity index (χ2v) is 4.84. The number of aliphatic hydroxyl groups is 1. The highest BCUT2D eigenvalue weighted by atomic mass is 16.4. The number of carboxylic acid groups (broad SMARTS) is 1. The fourth-order valence-electron chi connectivity index (χ4n) is 2.10. The smallest absolute Gasteiger partial charge is 0.375 e. The van der Waals surface area contributed by atoms with Gasteiger partial charge in [-0.25, -0.2) is 4.79 Å². The fourth-order valence-corrected chi connectivity index (χ4v) is 2.10. The third-order valence-electron chi connectivity index (χ3n) is 3.28. The van der Waals surface area contributed by atoms with Crippen LogP contribution >= 0.6 is 0 Å². The second kappa shape index (κ2) is 7.33. The van der Waals surface area contributed by atoms with Gasteiger partial charge in [-0.15, -0.1) is 0 Å². The normalized spacial score (nSPS) is 12.9. The van der Waals surface area contributed by atoms with E-state index < -0.39 is 29.8 Å². The molecule has 0 bridgehead atoms. The molecule has 0 radical (unpaired) electrons. The first kappa shape index (κ1) is 16.4. The van der Waals surface area contributed by atoms with Crippen molar-refractivity contribution in [2.24, 2.45) is 0 Å². The van der Waals surface area contributed by atoms with E-state index in [0.717, 1.165) is 0 Å². The molecular formula is C17H15NO5. The third kappa shape index (κ3) is 4.02. The van der Waals surface area contributed by atoms with Crippen molar-refractivity contribution in [2.75, 3.05) is 0 Å². The van der Waals surface area contributed by atoms with Crippen LogP contribution in [0.15, 0.2) is 60.7 Å². The van der Waals surface area contributed by atoms with Crippen LogP contribution in [0.2, 0.25) is 0 Å². The first-order valence-corrected chi connectivity index (χ1v) is 6.86. The van der Waals surface area contributed by atoms with Crippen molar-refractivity contribution in [3.63, 3.8) is 0 Å². The van der Waals surface area contributed by atoms with Gasteiger partial charge in [0.15, 0.2) is 0 Å². The van der Waals surface area contributed by atoms with Gasteiger partial charge in [0, 0.05) is 5.56 Å². The number of benzene rings is 2. The number of carbonyl (C=O) groups excluding carboxylic acids is 2. The largest absolute Gasteiger partial charge is 0.475 e. The Morgan fingerprint density at radius 3 is 1.91 bits per heavy atom. The number of carboxylic acids is 1. The minimum absolute atomic E-state index is 0.336. The van der Waals surface area contributed by atoms with Crippen molar-refractivity contribution < 1.29 is 24.6 Å². The number of amides is 1. The predicted molar refractivity (Wildman–Crippen MR) is 81.7 cm³/mol. The summed E-state index contributed by atoms with van der Waals surface area (Å²) in [6.07, 6.45) is -1.89. The van der Waals surface area contributed by atoms with Crippen LogP contribution < -0.4 is 5.32 Å². The number of nitrogens with one attached hydrogen (secondary N) is 1. The Bertz CT molecular complexity index is 699. The minimum atomic E-state index is -1.89. The maximum absolute atomic E-state index is 12.2. The first-order valence-electron chi connectivity index (χ1n) is 6.86. The lowest BCUT2D eigenvalue weighted by atomic mass is 9.98. The molecule has 0 saturated carbocycles. The zero-order valence-electron chi connectivity index (χ0n) is 12.0. The number of aliphatic hydroxyl groups excluding tert-OH is 1. The summed E-state index contributed by atoms with van der Waals surface area (Å²) in [5.74, 6) is -3.66. The van der Waals surface area contributed by atoms with Crippen LogP contribution in [-0.2, 0) is 9.59 Å². The van der Waals surface area contributed by atoms with E-state index in [1.165, 1.54) is 0 Å². The van der Waals surface area contributed by atoms with E-state index in [4.69, 9.17) is 5.11 Å². The predicted octanol–water partition coefficient (Wildman–Crippen LogP) is 1.17. The summed E-state index contributed by atoms with van der Waals surface area (Å²) in [6.45, 7) is 0. The molecule has 1 amide bonds. The van der Waals surface area contributed by atoms with E-state index in [0.29, 0.717) is 11.1 Å². The molecule has 2 aromatic rings. The number of carbonyl (C=O) groups is 3. The van der Waals surface area contributed by atoms with E-state index in [2.05, 4.69) is 5.32 Å². The highest BCUT2D eigenvalue weighted by Crippen LogP contribution is 2.18. The molecule has 6 heteroatoms. The quantitative estimate of drug-likeness (QED) is 0.695. The monoisotopic (exact) mass is 313 g/mol. The molecule has 0 aliphatic heterocycles. The van der Waals surface area contributed by atoms with Crippen LogP contribution in [0.4, 0.5) is 0 Å². The maximum atomic E-state index is 12.2. The van der Waals surface area contributed by atoms with Crippen LogP contribution in [0, 0.1) is 0 Å².